The zero-order valence-electron chi connectivity index (χ0n) is 10.3. The fourth-order valence-corrected chi connectivity index (χ4v) is 2.70. The molecule has 1 heterocycles. The lowest BCUT2D eigenvalue weighted by Gasteiger charge is -2.07. The SMILES string of the molecule is Cc1nc(CCNCc2c(F)ccc(Br)c2F)cs1. The highest BCUT2D eigenvalue weighted by atomic mass is 79.9. The molecular weight excluding hydrogens is 334 g/mol. The number of aryl methyl sites for hydroxylation is 1. The summed E-state index contributed by atoms with van der Waals surface area (Å²) in [5.41, 5.74) is 1.06. The van der Waals surface area contributed by atoms with Crippen molar-refractivity contribution in [1.82, 2.24) is 10.3 Å². The first-order chi connectivity index (χ1) is 9.08. The van der Waals surface area contributed by atoms with Crippen LogP contribution in [-0.2, 0) is 13.0 Å². The van der Waals surface area contributed by atoms with E-state index in [4.69, 9.17) is 0 Å². The van der Waals surface area contributed by atoms with Gasteiger partial charge in [0.2, 0.25) is 0 Å². The van der Waals surface area contributed by atoms with E-state index in [-0.39, 0.29) is 16.6 Å². The van der Waals surface area contributed by atoms with E-state index in [2.05, 4.69) is 26.2 Å². The Morgan fingerprint density at radius 2 is 2.16 bits per heavy atom. The summed E-state index contributed by atoms with van der Waals surface area (Å²) >= 11 is 4.65. The van der Waals surface area contributed by atoms with Gasteiger partial charge in [-0.2, -0.15) is 0 Å². The lowest BCUT2D eigenvalue weighted by molar-refractivity contribution is 0.532. The third kappa shape index (κ3) is 3.81. The van der Waals surface area contributed by atoms with E-state index < -0.39 is 11.6 Å². The van der Waals surface area contributed by atoms with Gasteiger partial charge in [0, 0.05) is 30.5 Å². The van der Waals surface area contributed by atoms with Crippen molar-refractivity contribution < 1.29 is 8.78 Å². The van der Waals surface area contributed by atoms with Crippen molar-refractivity contribution >= 4 is 27.3 Å². The lowest BCUT2D eigenvalue weighted by Crippen LogP contribution is -2.18. The highest BCUT2D eigenvalue weighted by Gasteiger charge is 2.11. The standard InChI is InChI=1S/C13H13BrF2N2S/c1-8-18-9(7-19-8)4-5-17-6-10-12(15)3-2-11(14)13(10)16/h2-3,7,17H,4-6H2,1H3. The van der Waals surface area contributed by atoms with Crippen LogP contribution in [0.15, 0.2) is 22.0 Å². The van der Waals surface area contributed by atoms with Crippen molar-refractivity contribution in [2.75, 3.05) is 6.54 Å². The van der Waals surface area contributed by atoms with E-state index in [1.165, 1.54) is 12.1 Å². The van der Waals surface area contributed by atoms with Crippen molar-refractivity contribution in [3.05, 3.63) is 49.9 Å². The number of benzene rings is 1. The number of halogens is 3. The van der Waals surface area contributed by atoms with Gasteiger partial charge in [-0.05, 0) is 35.0 Å². The van der Waals surface area contributed by atoms with Gasteiger partial charge in [-0.25, -0.2) is 13.8 Å². The van der Waals surface area contributed by atoms with Gasteiger partial charge in [0.1, 0.15) is 11.6 Å². The molecule has 0 radical (unpaired) electrons. The molecule has 2 aromatic rings. The Balaban J connectivity index is 1.88. The Labute approximate surface area is 123 Å². The molecule has 0 saturated carbocycles. The molecule has 0 fully saturated rings. The Bertz CT molecular complexity index is 572. The zero-order valence-corrected chi connectivity index (χ0v) is 12.7. The third-order valence-corrected chi connectivity index (χ3v) is 4.10. The van der Waals surface area contributed by atoms with Crippen LogP contribution in [0.25, 0.3) is 0 Å². The molecule has 6 heteroatoms. The maximum atomic E-state index is 13.7. The molecule has 0 saturated heterocycles. The van der Waals surface area contributed by atoms with Crippen molar-refractivity contribution in [3.63, 3.8) is 0 Å². The summed E-state index contributed by atoms with van der Waals surface area (Å²) < 4.78 is 27.4. The van der Waals surface area contributed by atoms with Gasteiger partial charge in [-0.3, -0.25) is 0 Å². The Hall–Kier alpha value is -0.850. The first kappa shape index (κ1) is 14.6. The molecule has 0 spiro atoms. The summed E-state index contributed by atoms with van der Waals surface area (Å²) in [5.74, 6) is -1.07. The van der Waals surface area contributed by atoms with E-state index in [1.807, 2.05) is 12.3 Å². The maximum absolute atomic E-state index is 13.7. The molecule has 0 aliphatic heterocycles. The lowest BCUT2D eigenvalue weighted by atomic mass is 10.2. The van der Waals surface area contributed by atoms with Crippen molar-refractivity contribution in [2.45, 2.75) is 19.9 Å². The van der Waals surface area contributed by atoms with Gasteiger partial charge >= 0.3 is 0 Å². The van der Waals surface area contributed by atoms with Crippen molar-refractivity contribution in [3.8, 4) is 0 Å². The molecule has 102 valence electrons. The fourth-order valence-electron chi connectivity index (χ4n) is 1.68. The van der Waals surface area contributed by atoms with Crippen LogP contribution >= 0.6 is 27.3 Å². The van der Waals surface area contributed by atoms with Gasteiger partial charge in [0.05, 0.1) is 15.2 Å². The molecule has 0 unspecified atom stereocenters. The summed E-state index contributed by atoms with van der Waals surface area (Å²) in [6, 6.07) is 2.63. The number of rotatable bonds is 5. The van der Waals surface area contributed by atoms with Gasteiger partial charge in [-0.1, -0.05) is 0 Å². The van der Waals surface area contributed by atoms with Crippen LogP contribution in [0.1, 0.15) is 16.3 Å². The van der Waals surface area contributed by atoms with Crippen molar-refractivity contribution in [2.24, 2.45) is 0 Å². The number of aromatic nitrogens is 1. The molecule has 0 aliphatic carbocycles. The summed E-state index contributed by atoms with van der Waals surface area (Å²) in [6.07, 6.45) is 0.752. The Morgan fingerprint density at radius 3 is 2.84 bits per heavy atom. The molecular formula is C13H13BrF2N2S. The van der Waals surface area contributed by atoms with Crippen LogP contribution in [0.2, 0.25) is 0 Å². The highest BCUT2D eigenvalue weighted by molar-refractivity contribution is 9.10. The van der Waals surface area contributed by atoms with E-state index in [1.54, 1.807) is 11.3 Å². The average molecular weight is 347 g/mol. The fraction of sp³-hybridized carbons (Fsp3) is 0.308. The average Bonchev–Trinajstić information content (AvgIpc) is 2.79. The van der Waals surface area contributed by atoms with Crippen LogP contribution < -0.4 is 5.32 Å². The summed E-state index contributed by atoms with van der Waals surface area (Å²) in [5, 5.41) is 6.06. The molecule has 0 atom stereocenters. The zero-order chi connectivity index (χ0) is 13.8. The molecule has 1 N–H and O–H groups in total. The number of hydrogen-bond acceptors (Lipinski definition) is 3. The second-order valence-corrected chi connectivity index (χ2v) is 6.02. The summed E-state index contributed by atoms with van der Waals surface area (Å²) in [7, 11) is 0. The summed E-state index contributed by atoms with van der Waals surface area (Å²) in [4.78, 5) is 4.33. The van der Waals surface area contributed by atoms with Crippen LogP contribution in [0, 0.1) is 18.6 Å². The minimum Gasteiger partial charge on any atom is -0.312 e. The second-order valence-electron chi connectivity index (χ2n) is 4.11. The molecule has 19 heavy (non-hydrogen) atoms. The van der Waals surface area contributed by atoms with Crippen LogP contribution in [0.5, 0.6) is 0 Å². The van der Waals surface area contributed by atoms with Crippen LogP contribution in [-0.4, -0.2) is 11.5 Å². The molecule has 0 aliphatic rings. The molecule has 0 amide bonds. The van der Waals surface area contributed by atoms with E-state index in [0.29, 0.717) is 6.54 Å². The summed E-state index contributed by atoms with van der Waals surface area (Å²) in [6.45, 7) is 2.75. The molecule has 1 aromatic heterocycles. The van der Waals surface area contributed by atoms with Crippen LogP contribution in [0.3, 0.4) is 0 Å². The Morgan fingerprint density at radius 1 is 1.37 bits per heavy atom. The first-order valence-electron chi connectivity index (χ1n) is 5.82. The molecule has 2 nitrogen and oxygen atoms in total. The minimum atomic E-state index is -0.544. The molecule has 2 rings (SSSR count). The third-order valence-electron chi connectivity index (χ3n) is 2.67. The van der Waals surface area contributed by atoms with E-state index >= 15 is 0 Å². The molecule has 0 bridgehead atoms. The number of nitrogens with one attached hydrogen (secondary N) is 1. The number of thiazole rings is 1. The molecule has 1 aromatic carbocycles. The van der Waals surface area contributed by atoms with Gasteiger partial charge < -0.3 is 5.32 Å². The van der Waals surface area contributed by atoms with Crippen LogP contribution in [0.4, 0.5) is 8.78 Å². The predicted octanol–water partition coefficient (Wildman–Crippen LogP) is 3.82. The topological polar surface area (TPSA) is 24.9 Å². The number of nitrogens with zero attached hydrogens (tertiary/aromatic N) is 1. The number of hydrogen-bond donors (Lipinski definition) is 1. The first-order valence-corrected chi connectivity index (χ1v) is 7.49. The van der Waals surface area contributed by atoms with Gasteiger partial charge in [0.25, 0.3) is 0 Å². The smallest absolute Gasteiger partial charge is 0.144 e. The van der Waals surface area contributed by atoms with E-state index in [9.17, 15) is 8.78 Å². The van der Waals surface area contributed by atoms with Crippen molar-refractivity contribution in [1.29, 1.82) is 0 Å². The largest absolute Gasteiger partial charge is 0.312 e. The normalized spacial score (nSPS) is 10.9. The maximum Gasteiger partial charge on any atom is 0.144 e. The monoisotopic (exact) mass is 346 g/mol. The van der Waals surface area contributed by atoms with Gasteiger partial charge in [0.15, 0.2) is 0 Å². The van der Waals surface area contributed by atoms with Gasteiger partial charge in [-0.15, -0.1) is 11.3 Å². The highest BCUT2D eigenvalue weighted by Crippen LogP contribution is 2.21. The van der Waals surface area contributed by atoms with E-state index in [0.717, 1.165) is 17.1 Å². The predicted molar refractivity (Wildman–Crippen MR) is 76.3 cm³/mol. The minimum absolute atomic E-state index is 0.0591. The second kappa shape index (κ2) is 6.54. The Kier molecular flexibility index (Phi) is 5.01. The quantitative estimate of drug-likeness (QED) is 0.657.